The van der Waals surface area contributed by atoms with Crippen LogP contribution in [0.15, 0.2) is 12.7 Å². The molecule has 0 saturated heterocycles. The van der Waals surface area contributed by atoms with Crippen molar-refractivity contribution < 1.29 is 19.5 Å². The van der Waals surface area contributed by atoms with Gasteiger partial charge in [0.25, 0.3) is 0 Å². The number of ketones is 2. The van der Waals surface area contributed by atoms with Crippen molar-refractivity contribution in [2.75, 3.05) is 0 Å². The Morgan fingerprint density at radius 3 is 1.67 bits per heavy atom. The number of aliphatic hydroxyl groups excluding tert-OH is 1. The summed E-state index contributed by atoms with van der Waals surface area (Å²) in [5.41, 5.74) is 4.53. The monoisotopic (exact) mass is 215 g/mol. The Hall–Kier alpha value is -1.49. The lowest BCUT2D eigenvalue weighted by Gasteiger charge is -2.03. The van der Waals surface area contributed by atoms with Crippen molar-refractivity contribution in [1.29, 1.82) is 0 Å². The number of hydrogen-bond donors (Lipinski definition) is 2. The van der Waals surface area contributed by atoms with Gasteiger partial charge >= 0.3 is 0 Å². The van der Waals surface area contributed by atoms with Crippen LogP contribution in [0.25, 0.3) is 0 Å². The third-order valence-corrected chi connectivity index (χ3v) is 1.25. The Balaban J connectivity index is 0. The highest BCUT2D eigenvalue weighted by Gasteiger charge is 2.08. The second kappa shape index (κ2) is 9.08. The molecule has 0 bridgehead atoms. The molecular weight excluding hydrogens is 198 g/mol. The van der Waals surface area contributed by atoms with Crippen LogP contribution in [0.1, 0.15) is 26.7 Å². The van der Waals surface area contributed by atoms with Crippen molar-refractivity contribution in [3.8, 4) is 0 Å². The lowest BCUT2D eigenvalue weighted by molar-refractivity contribution is -0.121. The largest absolute Gasteiger partial charge is 0.392 e. The first-order valence-corrected chi connectivity index (χ1v) is 4.38. The fraction of sp³-hybridized carbons (Fsp3) is 0.500. The smallest absolute Gasteiger partial charge is 0.240 e. The zero-order chi connectivity index (χ0) is 12.4. The maximum Gasteiger partial charge on any atom is 0.240 e. The first-order chi connectivity index (χ1) is 6.79. The normalized spacial score (nSPS) is 8.80. The first kappa shape index (κ1) is 16.0. The fourth-order valence-electron chi connectivity index (χ4n) is 0.736. The van der Waals surface area contributed by atoms with E-state index in [9.17, 15) is 14.4 Å². The molecular formula is C10H17NO4. The molecule has 0 aromatic heterocycles. The van der Waals surface area contributed by atoms with E-state index < -0.39 is 12.0 Å². The molecule has 1 amide bonds. The van der Waals surface area contributed by atoms with Crippen LogP contribution in [0.4, 0.5) is 0 Å². The Labute approximate surface area is 89.0 Å². The standard InChI is InChI=1S/C7H12O3.C3H5NO/c1-5(8)3-7(10)4-6(2)9;1-2-3(4)5/h7,10H,3-4H2,1-2H3;2H,1H2,(H2,4,5). The second-order valence-corrected chi connectivity index (χ2v) is 3.07. The predicted molar refractivity (Wildman–Crippen MR) is 56.0 cm³/mol. The third kappa shape index (κ3) is 19.1. The number of aliphatic hydroxyl groups is 1. The Kier molecular flexibility index (Phi) is 9.66. The summed E-state index contributed by atoms with van der Waals surface area (Å²) < 4.78 is 0. The van der Waals surface area contributed by atoms with Gasteiger partial charge in [-0.3, -0.25) is 14.4 Å². The van der Waals surface area contributed by atoms with E-state index in [1.807, 2.05) is 0 Å². The molecule has 0 radical (unpaired) electrons. The molecule has 0 unspecified atom stereocenters. The van der Waals surface area contributed by atoms with Gasteiger partial charge in [-0.1, -0.05) is 6.58 Å². The Morgan fingerprint density at radius 2 is 1.53 bits per heavy atom. The number of rotatable bonds is 5. The van der Waals surface area contributed by atoms with E-state index in [2.05, 4.69) is 12.3 Å². The summed E-state index contributed by atoms with van der Waals surface area (Å²) in [6, 6.07) is 0. The van der Waals surface area contributed by atoms with E-state index in [-0.39, 0.29) is 24.4 Å². The molecule has 0 aliphatic rings. The van der Waals surface area contributed by atoms with Crippen LogP contribution in [0.5, 0.6) is 0 Å². The molecule has 15 heavy (non-hydrogen) atoms. The van der Waals surface area contributed by atoms with E-state index in [4.69, 9.17) is 5.11 Å². The summed E-state index contributed by atoms with van der Waals surface area (Å²) in [6.45, 7) is 5.87. The molecule has 3 N–H and O–H groups in total. The van der Waals surface area contributed by atoms with Gasteiger partial charge in [0.1, 0.15) is 11.6 Å². The number of carbonyl (C=O) groups excluding carboxylic acids is 3. The van der Waals surface area contributed by atoms with E-state index in [0.29, 0.717) is 0 Å². The Bertz CT molecular complexity index is 232. The van der Waals surface area contributed by atoms with E-state index >= 15 is 0 Å². The van der Waals surface area contributed by atoms with Crippen LogP contribution in [0.2, 0.25) is 0 Å². The zero-order valence-corrected chi connectivity index (χ0v) is 9.03. The molecule has 0 aromatic rings. The van der Waals surface area contributed by atoms with Crippen LogP contribution < -0.4 is 5.73 Å². The summed E-state index contributed by atoms with van der Waals surface area (Å²) in [6.07, 6.45) is 0.439. The molecule has 0 aliphatic carbocycles. The summed E-state index contributed by atoms with van der Waals surface area (Å²) >= 11 is 0. The average Bonchev–Trinajstić information content (AvgIpc) is 2.01. The van der Waals surface area contributed by atoms with E-state index in [1.54, 1.807) is 0 Å². The molecule has 0 fully saturated rings. The van der Waals surface area contributed by atoms with Crippen molar-refractivity contribution in [1.82, 2.24) is 0 Å². The lowest BCUT2D eigenvalue weighted by atomic mass is 10.1. The topological polar surface area (TPSA) is 97.5 Å². The number of Topliss-reactive ketones (excluding diaryl/α,β-unsaturated/α-hetero) is 2. The van der Waals surface area contributed by atoms with Crippen LogP contribution in [-0.2, 0) is 14.4 Å². The minimum atomic E-state index is -0.782. The van der Waals surface area contributed by atoms with Gasteiger partial charge in [-0.05, 0) is 19.9 Å². The van der Waals surface area contributed by atoms with E-state index in [1.165, 1.54) is 13.8 Å². The van der Waals surface area contributed by atoms with Gasteiger partial charge < -0.3 is 10.8 Å². The van der Waals surface area contributed by atoms with Gasteiger partial charge in [0, 0.05) is 12.8 Å². The van der Waals surface area contributed by atoms with Crippen molar-refractivity contribution in [2.45, 2.75) is 32.8 Å². The van der Waals surface area contributed by atoms with Crippen molar-refractivity contribution in [3.05, 3.63) is 12.7 Å². The van der Waals surface area contributed by atoms with Gasteiger partial charge in [-0.2, -0.15) is 0 Å². The highest BCUT2D eigenvalue weighted by Crippen LogP contribution is 1.98. The van der Waals surface area contributed by atoms with Crippen molar-refractivity contribution in [2.24, 2.45) is 5.73 Å². The molecule has 0 saturated carbocycles. The highest BCUT2D eigenvalue weighted by atomic mass is 16.3. The van der Waals surface area contributed by atoms with Crippen LogP contribution in [0, 0.1) is 0 Å². The molecule has 0 aromatic carbocycles. The van der Waals surface area contributed by atoms with Crippen LogP contribution in [0.3, 0.4) is 0 Å². The summed E-state index contributed by atoms with van der Waals surface area (Å²) in [5.74, 6) is -0.660. The summed E-state index contributed by atoms with van der Waals surface area (Å²) in [4.78, 5) is 30.2. The number of primary amides is 1. The highest BCUT2D eigenvalue weighted by molar-refractivity contribution is 5.85. The average molecular weight is 215 g/mol. The first-order valence-electron chi connectivity index (χ1n) is 4.38. The predicted octanol–water partition coefficient (Wildman–Crippen LogP) is -0.0368. The molecule has 0 aliphatic heterocycles. The summed E-state index contributed by atoms with van der Waals surface area (Å²) in [7, 11) is 0. The SMILES string of the molecule is C=CC(N)=O.CC(=O)CC(O)CC(C)=O. The van der Waals surface area contributed by atoms with Gasteiger partial charge in [0.05, 0.1) is 6.10 Å². The van der Waals surface area contributed by atoms with Gasteiger partial charge in [-0.25, -0.2) is 0 Å². The zero-order valence-electron chi connectivity index (χ0n) is 9.03. The molecule has 0 heterocycles. The van der Waals surface area contributed by atoms with Crippen molar-refractivity contribution in [3.63, 3.8) is 0 Å². The second-order valence-electron chi connectivity index (χ2n) is 3.07. The third-order valence-electron chi connectivity index (χ3n) is 1.25. The number of carbonyl (C=O) groups is 3. The number of hydrogen-bond acceptors (Lipinski definition) is 4. The summed E-state index contributed by atoms with van der Waals surface area (Å²) in [5, 5.41) is 8.95. The van der Waals surface area contributed by atoms with Crippen LogP contribution >= 0.6 is 0 Å². The molecule has 0 rings (SSSR count). The minimum Gasteiger partial charge on any atom is -0.392 e. The lowest BCUT2D eigenvalue weighted by Crippen LogP contribution is -2.14. The van der Waals surface area contributed by atoms with Gasteiger partial charge in [-0.15, -0.1) is 0 Å². The van der Waals surface area contributed by atoms with Gasteiger partial charge in [0.2, 0.25) is 5.91 Å². The molecule has 5 nitrogen and oxygen atoms in total. The molecule has 5 heteroatoms. The molecule has 0 atom stereocenters. The van der Waals surface area contributed by atoms with Crippen LogP contribution in [-0.4, -0.2) is 28.7 Å². The van der Waals surface area contributed by atoms with Crippen molar-refractivity contribution >= 4 is 17.5 Å². The maximum atomic E-state index is 10.4. The van der Waals surface area contributed by atoms with E-state index in [0.717, 1.165) is 6.08 Å². The Morgan fingerprint density at radius 1 is 1.27 bits per heavy atom. The minimum absolute atomic E-state index is 0.0829. The molecule has 0 spiro atoms. The number of nitrogens with two attached hydrogens (primary N) is 1. The quantitative estimate of drug-likeness (QED) is 0.629. The maximum absolute atomic E-state index is 10.4. The fourth-order valence-corrected chi connectivity index (χ4v) is 0.736. The molecule has 86 valence electrons. The van der Waals surface area contributed by atoms with Gasteiger partial charge in [0.15, 0.2) is 0 Å². The number of amides is 1.